The molecule has 2 aromatic rings. The van der Waals surface area contributed by atoms with Gasteiger partial charge in [-0.3, -0.25) is 4.79 Å². The lowest BCUT2D eigenvalue weighted by atomic mass is 9.83. The van der Waals surface area contributed by atoms with Crippen LogP contribution >= 0.6 is 23.1 Å². The van der Waals surface area contributed by atoms with Crippen LogP contribution in [0.25, 0.3) is 0 Å². The molecule has 1 aromatic heterocycles. The van der Waals surface area contributed by atoms with E-state index in [1.54, 1.807) is 0 Å². The van der Waals surface area contributed by atoms with Crippen molar-refractivity contribution in [1.29, 1.82) is 5.26 Å². The Balaban J connectivity index is 1.50. The number of anilines is 2. The zero-order valence-corrected chi connectivity index (χ0v) is 15.3. The molecule has 1 saturated carbocycles. The number of carbonyl (C=O) groups is 1. The van der Waals surface area contributed by atoms with Crippen molar-refractivity contribution < 1.29 is 4.79 Å². The van der Waals surface area contributed by atoms with Gasteiger partial charge in [-0.15, -0.1) is 10.2 Å². The number of aromatic nitrogens is 2. The van der Waals surface area contributed by atoms with Crippen molar-refractivity contribution >= 4 is 39.8 Å². The highest BCUT2D eigenvalue weighted by atomic mass is 32.2. The van der Waals surface area contributed by atoms with Crippen molar-refractivity contribution in [3.05, 3.63) is 30.3 Å². The summed E-state index contributed by atoms with van der Waals surface area (Å²) in [6.07, 6.45) is 4.60. The first-order valence-corrected chi connectivity index (χ1v) is 10.00. The van der Waals surface area contributed by atoms with Crippen molar-refractivity contribution in [3.8, 4) is 6.07 Å². The van der Waals surface area contributed by atoms with E-state index in [4.69, 9.17) is 0 Å². The zero-order valence-electron chi connectivity index (χ0n) is 13.7. The fourth-order valence-corrected chi connectivity index (χ4v) is 4.39. The number of hydrogen-bond acceptors (Lipinski definition) is 7. The molecule has 1 fully saturated rings. The summed E-state index contributed by atoms with van der Waals surface area (Å²) in [5, 5.41) is 24.4. The quantitative estimate of drug-likeness (QED) is 0.750. The van der Waals surface area contributed by atoms with E-state index in [1.165, 1.54) is 23.1 Å². The third kappa shape index (κ3) is 4.94. The predicted octanol–water partition coefficient (Wildman–Crippen LogP) is 3.72. The van der Waals surface area contributed by atoms with Crippen LogP contribution in [0.5, 0.6) is 0 Å². The third-order valence-electron chi connectivity index (χ3n) is 4.06. The number of amides is 1. The van der Waals surface area contributed by atoms with E-state index in [9.17, 15) is 10.1 Å². The second kappa shape index (κ2) is 8.32. The summed E-state index contributed by atoms with van der Waals surface area (Å²) in [7, 11) is 0. The molecule has 0 unspecified atom stereocenters. The Morgan fingerprint density at radius 3 is 2.72 bits per heavy atom. The Labute approximate surface area is 155 Å². The number of carbonyl (C=O) groups excluding carboxylic acids is 1. The van der Waals surface area contributed by atoms with Crippen molar-refractivity contribution in [1.82, 2.24) is 15.5 Å². The molecule has 25 heavy (non-hydrogen) atoms. The largest absolute Gasteiger partial charge is 0.337 e. The van der Waals surface area contributed by atoms with Crippen molar-refractivity contribution in [2.45, 2.75) is 42.0 Å². The molecule has 1 aromatic carbocycles. The van der Waals surface area contributed by atoms with Crippen molar-refractivity contribution in [2.24, 2.45) is 0 Å². The minimum atomic E-state index is -0.683. The van der Waals surface area contributed by atoms with Gasteiger partial charge >= 0.3 is 0 Å². The topological polar surface area (TPSA) is 90.7 Å². The summed E-state index contributed by atoms with van der Waals surface area (Å²) in [6.45, 7) is 0. The van der Waals surface area contributed by atoms with Crippen LogP contribution in [0.3, 0.4) is 0 Å². The van der Waals surface area contributed by atoms with Crippen LogP contribution in [-0.2, 0) is 4.79 Å². The molecule has 0 bridgehead atoms. The highest BCUT2D eigenvalue weighted by molar-refractivity contribution is 8.01. The molecule has 3 rings (SSSR count). The van der Waals surface area contributed by atoms with Crippen LogP contribution in [0.1, 0.15) is 32.1 Å². The molecule has 0 radical (unpaired) electrons. The predicted molar refractivity (Wildman–Crippen MR) is 99.9 cm³/mol. The highest BCUT2D eigenvalue weighted by Gasteiger charge is 2.33. The Bertz CT molecular complexity index is 750. The van der Waals surface area contributed by atoms with Gasteiger partial charge in [-0.1, -0.05) is 60.6 Å². The first kappa shape index (κ1) is 17.7. The number of benzene rings is 1. The number of hydrogen-bond donors (Lipinski definition) is 2. The lowest BCUT2D eigenvalue weighted by Crippen LogP contribution is -2.49. The van der Waals surface area contributed by atoms with Crippen molar-refractivity contribution in [3.63, 3.8) is 0 Å². The van der Waals surface area contributed by atoms with Gasteiger partial charge in [0.05, 0.1) is 11.8 Å². The van der Waals surface area contributed by atoms with Crippen LogP contribution in [-0.4, -0.2) is 27.4 Å². The Morgan fingerprint density at radius 1 is 1.24 bits per heavy atom. The summed E-state index contributed by atoms with van der Waals surface area (Å²) in [6, 6.07) is 12.0. The van der Waals surface area contributed by atoms with E-state index < -0.39 is 5.54 Å². The summed E-state index contributed by atoms with van der Waals surface area (Å²) < 4.78 is 0.725. The number of thioether (sulfide) groups is 1. The maximum atomic E-state index is 12.2. The first-order valence-electron chi connectivity index (χ1n) is 8.20. The lowest BCUT2D eigenvalue weighted by Gasteiger charge is -2.31. The van der Waals surface area contributed by atoms with E-state index >= 15 is 0 Å². The maximum absolute atomic E-state index is 12.2. The minimum absolute atomic E-state index is 0.124. The van der Waals surface area contributed by atoms with E-state index in [1.807, 2.05) is 30.3 Å². The molecule has 0 aliphatic heterocycles. The van der Waals surface area contributed by atoms with E-state index in [2.05, 4.69) is 26.9 Å². The van der Waals surface area contributed by atoms with E-state index in [-0.39, 0.29) is 11.7 Å². The average Bonchev–Trinajstić information content (AvgIpc) is 3.09. The first-order chi connectivity index (χ1) is 12.2. The summed E-state index contributed by atoms with van der Waals surface area (Å²) in [5.41, 5.74) is 0.262. The Hall–Kier alpha value is -2.11. The Kier molecular flexibility index (Phi) is 5.89. The lowest BCUT2D eigenvalue weighted by molar-refractivity contribution is -0.120. The normalized spacial score (nSPS) is 16.0. The van der Waals surface area contributed by atoms with Gasteiger partial charge in [0.2, 0.25) is 11.0 Å². The molecule has 0 atom stereocenters. The standard InChI is InChI=1S/C17H19N5OS2/c18-12-17(9-5-2-6-10-17)20-14(23)11-24-16-22-21-15(25-16)19-13-7-3-1-4-8-13/h1,3-4,7-8H,2,5-6,9-11H2,(H,19,21)(H,20,23). The monoisotopic (exact) mass is 373 g/mol. The number of nitrogens with one attached hydrogen (secondary N) is 2. The number of nitrogens with zero attached hydrogens (tertiary/aromatic N) is 3. The number of rotatable bonds is 6. The molecular formula is C17H19N5OS2. The molecule has 1 heterocycles. The smallest absolute Gasteiger partial charge is 0.231 e. The van der Waals surface area contributed by atoms with Crippen LogP contribution in [0.15, 0.2) is 34.7 Å². The summed E-state index contributed by atoms with van der Waals surface area (Å²) >= 11 is 2.75. The second-order valence-corrected chi connectivity index (χ2v) is 8.16. The molecule has 0 spiro atoms. The molecule has 6 nitrogen and oxygen atoms in total. The third-order valence-corrected chi connectivity index (χ3v) is 6.03. The van der Waals surface area contributed by atoms with Crippen LogP contribution < -0.4 is 10.6 Å². The molecule has 130 valence electrons. The van der Waals surface area contributed by atoms with Gasteiger partial charge in [0.1, 0.15) is 5.54 Å². The van der Waals surface area contributed by atoms with E-state index in [0.717, 1.165) is 42.1 Å². The van der Waals surface area contributed by atoms with Gasteiger partial charge in [0.15, 0.2) is 4.34 Å². The molecule has 2 N–H and O–H groups in total. The molecule has 1 aliphatic carbocycles. The van der Waals surface area contributed by atoms with Gasteiger partial charge in [0.25, 0.3) is 0 Å². The second-order valence-electron chi connectivity index (χ2n) is 5.96. The van der Waals surface area contributed by atoms with Crippen LogP contribution in [0, 0.1) is 11.3 Å². The number of para-hydroxylation sites is 1. The fraction of sp³-hybridized carbons (Fsp3) is 0.412. The zero-order chi connectivity index (χ0) is 17.5. The SMILES string of the molecule is N#CC1(NC(=O)CSc2nnc(Nc3ccccc3)s2)CCCCC1. The van der Waals surface area contributed by atoms with Gasteiger partial charge in [-0.05, 0) is 25.0 Å². The molecule has 1 aliphatic rings. The summed E-state index contributed by atoms with van der Waals surface area (Å²) in [4.78, 5) is 12.2. The van der Waals surface area contributed by atoms with Gasteiger partial charge in [0, 0.05) is 5.69 Å². The van der Waals surface area contributed by atoms with E-state index in [0.29, 0.717) is 5.13 Å². The van der Waals surface area contributed by atoms with Gasteiger partial charge in [-0.25, -0.2) is 0 Å². The average molecular weight is 374 g/mol. The molecule has 8 heteroatoms. The Morgan fingerprint density at radius 2 is 2.00 bits per heavy atom. The molecule has 0 saturated heterocycles. The summed E-state index contributed by atoms with van der Waals surface area (Å²) in [5.74, 6) is 0.116. The molecule has 1 amide bonds. The fourth-order valence-electron chi connectivity index (χ4n) is 2.81. The van der Waals surface area contributed by atoms with Crippen LogP contribution in [0.2, 0.25) is 0 Å². The maximum Gasteiger partial charge on any atom is 0.231 e. The van der Waals surface area contributed by atoms with Gasteiger partial charge in [-0.2, -0.15) is 5.26 Å². The number of nitriles is 1. The van der Waals surface area contributed by atoms with Gasteiger partial charge < -0.3 is 10.6 Å². The molecular weight excluding hydrogens is 354 g/mol. The minimum Gasteiger partial charge on any atom is -0.337 e. The van der Waals surface area contributed by atoms with Crippen molar-refractivity contribution in [2.75, 3.05) is 11.1 Å². The highest BCUT2D eigenvalue weighted by Crippen LogP contribution is 2.29. The van der Waals surface area contributed by atoms with Crippen LogP contribution in [0.4, 0.5) is 10.8 Å².